The van der Waals surface area contributed by atoms with Gasteiger partial charge in [-0.3, -0.25) is 0 Å². The smallest absolute Gasteiger partial charge is 0.335 e. The molecule has 2 aromatic carbocycles. The van der Waals surface area contributed by atoms with Crippen molar-refractivity contribution in [3.05, 3.63) is 59.7 Å². The van der Waals surface area contributed by atoms with E-state index in [-0.39, 0.29) is 10.5 Å². The van der Waals surface area contributed by atoms with Crippen LogP contribution in [0.15, 0.2) is 53.4 Å². The van der Waals surface area contributed by atoms with Crippen molar-refractivity contribution in [1.82, 2.24) is 0 Å². The Morgan fingerprint density at radius 3 is 2.43 bits per heavy atom. The van der Waals surface area contributed by atoms with Crippen LogP contribution < -0.4 is 5.32 Å². The topological polar surface area (TPSA) is 83.5 Å². The molecule has 2 N–H and O–H groups in total. The van der Waals surface area contributed by atoms with Crippen LogP contribution in [0.2, 0.25) is 0 Å². The van der Waals surface area contributed by atoms with Crippen molar-refractivity contribution in [2.24, 2.45) is 0 Å². The maximum atomic E-state index is 11.8. The van der Waals surface area contributed by atoms with Crippen molar-refractivity contribution in [2.45, 2.75) is 17.7 Å². The van der Waals surface area contributed by atoms with Crippen LogP contribution >= 0.6 is 0 Å². The minimum absolute atomic E-state index is 0.0112. The molecule has 0 bridgehead atoms. The molecule has 0 aromatic heterocycles. The number of aryl methyl sites for hydroxylation is 1. The predicted molar refractivity (Wildman–Crippen MR) is 89.8 cm³/mol. The molecule has 0 amide bonds. The molecule has 0 aliphatic carbocycles. The van der Waals surface area contributed by atoms with Crippen LogP contribution in [0.5, 0.6) is 0 Å². The lowest BCUT2D eigenvalue weighted by atomic mass is 10.1. The van der Waals surface area contributed by atoms with Crippen LogP contribution in [0.1, 0.15) is 22.3 Å². The summed E-state index contributed by atoms with van der Waals surface area (Å²) in [5, 5.41) is 12.1. The predicted octanol–water partition coefficient (Wildman–Crippen LogP) is 2.83. The molecule has 0 saturated heterocycles. The number of anilines is 1. The molecule has 0 saturated carbocycles. The highest BCUT2D eigenvalue weighted by atomic mass is 32.2. The molecule has 0 aliphatic heterocycles. The summed E-state index contributed by atoms with van der Waals surface area (Å²) < 4.78 is 23.7. The second-order valence-electron chi connectivity index (χ2n) is 5.30. The third-order valence-corrected chi connectivity index (χ3v) is 4.57. The van der Waals surface area contributed by atoms with Crippen molar-refractivity contribution < 1.29 is 18.3 Å². The number of sulfone groups is 1. The fourth-order valence-corrected chi connectivity index (χ4v) is 3.15. The van der Waals surface area contributed by atoms with Gasteiger partial charge >= 0.3 is 5.97 Å². The van der Waals surface area contributed by atoms with Gasteiger partial charge in [-0.05, 0) is 36.6 Å². The van der Waals surface area contributed by atoms with Crippen molar-refractivity contribution in [3.63, 3.8) is 0 Å². The van der Waals surface area contributed by atoms with Gasteiger partial charge in [0.15, 0.2) is 9.84 Å². The quantitative estimate of drug-likeness (QED) is 0.761. The van der Waals surface area contributed by atoms with E-state index in [0.29, 0.717) is 12.2 Å². The summed E-state index contributed by atoms with van der Waals surface area (Å²) in [6.07, 6.45) is 2.80. The highest BCUT2D eigenvalue weighted by molar-refractivity contribution is 7.90. The van der Waals surface area contributed by atoms with Gasteiger partial charge in [-0.25, -0.2) is 13.2 Å². The fraction of sp³-hybridized carbons (Fsp3) is 0.235. The Labute approximate surface area is 135 Å². The van der Waals surface area contributed by atoms with E-state index in [0.717, 1.165) is 19.1 Å². The van der Waals surface area contributed by atoms with Crippen LogP contribution in [0, 0.1) is 0 Å². The Kier molecular flexibility index (Phi) is 5.39. The van der Waals surface area contributed by atoms with Crippen LogP contribution in [-0.4, -0.2) is 32.3 Å². The average molecular weight is 333 g/mol. The molecule has 0 radical (unpaired) electrons. The number of nitrogens with one attached hydrogen (secondary N) is 1. The number of hydrogen-bond donors (Lipinski definition) is 2. The van der Waals surface area contributed by atoms with Crippen molar-refractivity contribution in [2.75, 3.05) is 18.1 Å². The van der Waals surface area contributed by atoms with Crippen molar-refractivity contribution >= 4 is 21.5 Å². The lowest BCUT2D eigenvalue weighted by molar-refractivity contribution is 0.0696. The molecule has 0 spiro atoms. The molecule has 0 aliphatic rings. The Morgan fingerprint density at radius 2 is 1.83 bits per heavy atom. The van der Waals surface area contributed by atoms with Gasteiger partial charge < -0.3 is 10.4 Å². The number of carboxylic acids is 1. The van der Waals surface area contributed by atoms with E-state index in [1.54, 1.807) is 0 Å². The van der Waals surface area contributed by atoms with Gasteiger partial charge in [0.25, 0.3) is 0 Å². The number of aromatic carboxylic acids is 1. The Balaban J connectivity index is 2.06. The largest absolute Gasteiger partial charge is 0.478 e. The van der Waals surface area contributed by atoms with E-state index in [1.165, 1.54) is 23.8 Å². The molecular formula is C17H19NO4S. The Bertz CT molecular complexity index is 785. The summed E-state index contributed by atoms with van der Waals surface area (Å²) in [7, 11) is -3.50. The zero-order chi connectivity index (χ0) is 16.9. The summed E-state index contributed by atoms with van der Waals surface area (Å²) in [6.45, 7) is 0.601. The Morgan fingerprint density at radius 1 is 1.13 bits per heavy atom. The molecule has 6 heteroatoms. The van der Waals surface area contributed by atoms with Crippen LogP contribution in [0.25, 0.3) is 0 Å². The van der Waals surface area contributed by atoms with Crippen molar-refractivity contribution in [1.29, 1.82) is 0 Å². The summed E-state index contributed by atoms with van der Waals surface area (Å²) in [5.74, 6) is -1.15. The maximum Gasteiger partial charge on any atom is 0.335 e. The highest BCUT2D eigenvalue weighted by Gasteiger charge is 2.16. The summed E-state index contributed by atoms with van der Waals surface area (Å²) in [5.41, 5.74) is 1.62. The van der Waals surface area contributed by atoms with E-state index >= 15 is 0 Å². The molecule has 2 aromatic rings. The summed E-state index contributed by atoms with van der Waals surface area (Å²) >= 11 is 0. The minimum Gasteiger partial charge on any atom is -0.478 e. The van der Waals surface area contributed by atoms with Gasteiger partial charge in [-0.15, -0.1) is 0 Å². The van der Waals surface area contributed by atoms with E-state index in [2.05, 4.69) is 5.32 Å². The highest BCUT2D eigenvalue weighted by Crippen LogP contribution is 2.23. The molecule has 0 heterocycles. The zero-order valence-corrected chi connectivity index (χ0v) is 13.6. The van der Waals surface area contributed by atoms with Gasteiger partial charge in [0.2, 0.25) is 0 Å². The van der Waals surface area contributed by atoms with E-state index in [4.69, 9.17) is 5.11 Å². The standard InChI is InChI=1S/C17H19NO4S/c1-23(21,22)16-12-14(17(19)20)9-10-15(16)18-11-5-8-13-6-3-2-4-7-13/h2-4,6-7,9-10,12,18H,5,8,11H2,1H3,(H,19,20). The number of carboxylic acid groups (broad SMARTS) is 1. The van der Waals surface area contributed by atoms with Crippen LogP contribution in [-0.2, 0) is 16.3 Å². The first kappa shape index (κ1) is 17.0. The monoisotopic (exact) mass is 333 g/mol. The lowest BCUT2D eigenvalue weighted by Crippen LogP contribution is -2.10. The number of rotatable bonds is 7. The first-order valence-corrected chi connectivity index (χ1v) is 9.12. The second-order valence-corrected chi connectivity index (χ2v) is 7.29. The van der Waals surface area contributed by atoms with Crippen LogP contribution in [0.3, 0.4) is 0 Å². The van der Waals surface area contributed by atoms with Crippen molar-refractivity contribution in [3.8, 4) is 0 Å². The fourth-order valence-electron chi connectivity index (χ4n) is 2.27. The molecular weight excluding hydrogens is 314 g/mol. The molecule has 0 unspecified atom stereocenters. The second kappa shape index (κ2) is 7.28. The number of hydrogen-bond acceptors (Lipinski definition) is 4. The first-order valence-electron chi connectivity index (χ1n) is 7.23. The molecule has 2 rings (SSSR count). The molecule has 0 atom stereocenters. The first-order chi connectivity index (χ1) is 10.9. The molecule has 5 nitrogen and oxygen atoms in total. The SMILES string of the molecule is CS(=O)(=O)c1cc(C(=O)O)ccc1NCCCc1ccccc1. The molecule has 23 heavy (non-hydrogen) atoms. The molecule has 122 valence electrons. The lowest BCUT2D eigenvalue weighted by Gasteiger charge is -2.12. The third-order valence-electron chi connectivity index (χ3n) is 3.43. The van der Waals surface area contributed by atoms with Gasteiger partial charge in [0, 0.05) is 12.8 Å². The number of benzene rings is 2. The van der Waals surface area contributed by atoms with Gasteiger partial charge in [0.05, 0.1) is 16.1 Å². The maximum absolute atomic E-state index is 11.8. The third kappa shape index (κ3) is 4.82. The van der Waals surface area contributed by atoms with Gasteiger partial charge in [-0.2, -0.15) is 0 Å². The normalized spacial score (nSPS) is 11.2. The summed E-state index contributed by atoms with van der Waals surface area (Å²) in [6, 6.07) is 14.1. The van der Waals surface area contributed by atoms with Crippen LogP contribution in [0.4, 0.5) is 5.69 Å². The zero-order valence-electron chi connectivity index (χ0n) is 12.8. The Hall–Kier alpha value is -2.34. The average Bonchev–Trinajstić information content (AvgIpc) is 2.51. The molecule has 0 fully saturated rings. The van der Waals surface area contributed by atoms with Gasteiger partial charge in [-0.1, -0.05) is 30.3 Å². The number of carbonyl (C=O) groups is 1. The van der Waals surface area contributed by atoms with E-state index in [9.17, 15) is 13.2 Å². The summed E-state index contributed by atoms with van der Waals surface area (Å²) in [4.78, 5) is 11.0. The van der Waals surface area contributed by atoms with E-state index in [1.807, 2.05) is 30.3 Å². The minimum atomic E-state index is -3.50. The van der Waals surface area contributed by atoms with Gasteiger partial charge in [0.1, 0.15) is 0 Å². The van der Waals surface area contributed by atoms with E-state index < -0.39 is 15.8 Å².